The first-order chi connectivity index (χ1) is 7.33. The monoisotopic (exact) mass is 209 g/mol. The summed E-state index contributed by atoms with van der Waals surface area (Å²) in [5, 5.41) is 8.30. The Morgan fingerprint density at radius 3 is 2.67 bits per heavy atom. The fraction of sp³-hybridized carbons (Fsp3) is 0.833. The molecule has 0 N–H and O–H groups in total. The van der Waals surface area contributed by atoms with Gasteiger partial charge >= 0.3 is 0 Å². The van der Waals surface area contributed by atoms with Crippen molar-refractivity contribution in [3.8, 4) is 0 Å². The SMILES string of the molecule is CCCCC(CC)c1nncn1CCC. The lowest BCUT2D eigenvalue weighted by Gasteiger charge is -2.14. The number of hydrogen-bond acceptors (Lipinski definition) is 2. The maximum atomic E-state index is 4.27. The van der Waals surface area contributed by atoms with Crippen molar-refractivity contribution >= 4 is 0 Å². The minimum Gasteiger partial charge on any atom is -0.317 e. The van der Waals surface area contributed by atoms with Crippen LogP contribution in [0.1, 0.15) is 64.6 Å². The Balaban J connectivity index is 2.67. The van der Waals surface area contributed by atoms with Crippen molar-refractivity contribution in [3.05, 3.63) is 12.2 Å². The van der Waals surface area contributed by atoms with Gasteiger partial charge < -0.3 is 4.57 Å². The lowest BCUT2D eigenvalue weighted by atomic mass is 9.98. The molecule has 0 aromatic carbocycles. The van der Waals surface area contributed by atoms with E-state index in [1.54, 1.807) is 0 Å². The highest BCUT2D eigenvalue weighted by atomic mass is 15.3. The number of hydrogen-bond donors (Lipinski definition) is 0. The fourth-order valence-corrected chi connectivity index (χ4v) is 1.96. The summed E-state index contributed by atoms with van der Waals surface area (Å²) in [6, 6.07) is 0. The van der Waals surface area contributed by atoms with Gasteiger partial charge in [0.25, 0.3) is 0 Å². The molecule has 1 unspecified atom stereocenters. The molecular weight excluding hydrogens is 186 g/mol. The topological polar surface area (TPSA) is 30.7 Å². The van der Waals surface area contributed by atoms with Crippen molar-refractivity contribution in [2.24, 2.45) is 0 Å². The molecule has 0 aliphatic carbocycles. The van der Waals surface area contributed by atoms with Crippen LogP contribution in [0, 0.1) is 0 Å². The van der Waals surface area contributed by atoms with Crippen molar-refractivity contribution in [1.29, 1.82) is 0 Å². The molecule has 0 aliphatic heterocycles. The summed E-state index contributed by atoms with van der Waals surface area (Å²) in [4.78, 5) is 0. The molecule has 3 nitrogen and oxygen atoms in total. The van der Waals surface area contributed by atoms with Gasteiger partial charge in [-0.3, -0.25) is 0 Å². The second-order valence-corrected chi connectivity index (χ2v) is 4.13. The van der Waals surface area contributed by atoms with Crippen LogP contribution in [-0.4, -0.2) is 14.8 Å². The zero-order chi connectivity index (χ0) is 11.1. The van der Waals surface area contributed by atoms with E-state index in [9.17, 15) is 0 Å². The summed E-state index contributed by atoms with van der Waals surface area (Å²) < 4.78 is 2.21. The van der Waals surface area contributed by atoms with Crippen LogP contribution in [0.2, 0.25) is 0 Å². The molecule has 1 aromatic rings. The summed E-state index contributed by atoms with van der Waals surface area (Å²) in [7, 11) is 0. The lowest BCUT2D eigenvalue weighted by Crippen LogP contribution is -2.08. The molecule has 0 saturated carbocycles. The first-order valence-electron chi connectivity index (χ1n) is 6.21. The van der Waals surface area contributed by atoms with Crippen molar-refractivity contribution in [2.45, 2.75) is 65.3 Å². The summed E-state index contributed by atoms with van der Waals surface area (Å²) >= 11 is 0. The van der Waals surface area contributed by atoms with Crippen LogP contribution < -0.4 is 0 Å². The van der Waals surface area contributed by atoms with Gasteiger partial charge in [-0.15, -0.1) is 10.2 Å². The van der Waals surface area contributed by atoms with E-state index in [4.69, 9.17) is 0 Å². The average Bonchev–Trinajstić information content (AvgIpc) is 2.68. The van der Waals surface area contributed by atoms with E-state index in [0.717, 1.165) is 13.0 Å². The number of nitrogens with zero attached hydrogens (tertiary/aromatic N) is 3. The maximum Gasteiger partial charge on any atom is 0.135 e. The van der Waals surface area contributed by atoms with E-state index >= 15 is 0 Å². The van der Waals surface area contributed by atoms with E-state index in [1.807, 2.05) is 6.33 Å². The molecule has 0 amide bonds. The Hall–Kier alpha value is -0.860. The molecule has 0 saturated heterocycles. The van der Waals surface area contributed by atoms with Crippen LogP contribution in [-0.2, 0) is 6.54 Å². The van der Waals surface area contributed by atoms with Crippen LogP contribution in [0.3, 0.4) is 0 Å². The van der Waals surface area contributed by atoms with Crippen LogP contribution in [0.25, 0.3) is 0 Å². The Bertz CT molecular complexity index is 268. The molecule has 1 atom stereocenters. The largest absolute Gasteiger partial charge is 0.317 e. The third-order valence-electron chi connectivity index (χ3n) is 2.87. The molecule has 3 heteroatoms. The minimum absolute atomic E-state index is 0.596. The molecule has 1 aromatic heterocycles. The predicted octanol–water partition coefficient (Wildman–Crippen LogP) is 3.37. The highest BCUT2D eigenvalue weighted by Crippen LogP contribution is 2.23. The molecular formula is C12H23N3. The number of unbranched alkanes of at least 4 members (excludes halogenated alkanes) is 1. The van der Waals surface area contributed by atoms with Crippen LogP contribution >= 0.6 is 0 Å². The van der Waals surface area contributed by atoms with Gasteiger partial charge in [0.2, 0.25) is 0 Å². The summed E-state index contributed by atoms with van der Waals surface area (Å²) in [6.45, 7) is 7.72. The van der Waals surface area contributed by atoms with E-state index in [2.05, 4.69) is 35.5 Å². The van der Waals surface area contributed by atoms with E-state index in [0.29, 0.717) is 5.92 Å². The van der Waals surface area contributed by atoms with Crippen molar-refractivity contribution in [2.75, 3.05) is 0 Å². The fourth-order valence-electron chi connectivity index (χ4n) is 1.96. The Morgan fingerprint density at radius 1 is 1.27 bits per heavy atom. The highest BCUT2D eigenvalue weighted by molar-refractivity contribution is 4.95. The van der Waals surface area contributed by atoms with Gasteiger partial charge in [0.15, 0.2) is 0 Å². The summed E-state index contributed by atoms with van der Waals surface area (Å²) in [6.07, 6.45) is 7.98. The van der Waals surface area contributed by atoms with Gasteiger partial charge in [0, 0.05) is 12.5 Å². The minimum atomic E-state index is 0.596. The molecule has 0 radical (unpaired) electrons. The first kappa shape index (κ1) is 12.2. The number of rotatable bonds is 7. The van der Waals surface area contributed by atoms with Gasteiger partial charge in [0.05, 0.1) is 0 Å². The Labute approximate surface area is 92.9 Å². The average molecular weight is 209 g/mol. The maximum absolute atomic E-state index is 4.27. The van der Waals surface area contributed by atoms with E-state index in [1.165, 1.54) is 31.5 Å². The zero-order valence-electron chi connectivity index (χ0n) is 10.2. The summed E-state index contributed by atoms with van der Waals surface area (Å²) in [5.74, 6) is 1.78. The first-order valence-corrected chi connectivity index (χ1v) is 6.21. The highest BCUT2D eigenvalue weighted by Gasteiger charge is 2.15. The molecule has 0 spiro atoms. The van der Waals surface area contributed by atoms with Gasteiger partial charge in [-0.2, -0.15) is 0 Å². The standard InChI is InChI=1S/C12H23N3/c1-4-7-8-11(6-3)12-14-13-10-15(12)9-5-2/h10-11H,4-9H2,1-3H3. The Morgan fingerprint density at radius 2 is 2.07 bits per heavy atom. The van der Waals surface area contributed by atoms with E-state index in [-0.39, 0.29) is 0 Å². The molecule has 1 rings (SSSR count). The Kier molecular flexibility index (Phi) is 5.37. The normalized spacial score (nSPS) is 13.0. The molecule has 0 fully saturated rings. The second kappa shape index (κ2) is 6.59. The van der Waals surface area contributed by atoms with Crippen LogP contribution in [0.4, 0.5) is 0 Å². The van der Waals surface area contributed by atoms with Gasteiger partial charge in [-0.25, -0.2) is 0 Å². The molecule has 0 bridgehead atoms. The number of aryl methyl sites for hydroxylation is 1. The smallest absolute Gasteiger partial charge is 0.135 e. The predicted molar refractivity (Wildman–Crippen MR) is 62.9 cm³/mol. The van der Waals surface area contributed by atoms with Crippen molar-refractivity contribution in [3.63, 3.8) is 0 Å². The molecule has 1 heterocycles. The third-order valence-corrected chi connectivity index (χ3v) is 2.87. The van der Waals surface area contributed by atoms with Crippen LogP contribution in [0.5, 0.6) is 0 Å². The van der Waals surface area contributed by atoms with Gasteiger partial charge in [0.1, 0.15) is 12.2 Å². The quantitative estimate of drug-likeness (QED) is 0.689. The van der Waals surface area contributed by atoms with E-state index < -0.39 is 0 Å². The molecule has 15 heavy (non-hydrogen) atoms. The zero-order valence-corrected chi connectivity index (χ0v) is 10.2. The molecule has 0 aliphatic rings. The van der Waals surface area contributed by atoms with Crippen LogP contribution in [0.15, 0.2) is 6.33 Å². The van der Waals surface area contributed by atoms with Gasteiger partial charge in [-0.1, -0.05) is 33.6 Å². The second-order valence-electron chi connectivity index (χ2n) is 4.13. The van der Waals surface area contributed by atoms with Gasteiger partial charge in [-0.05, 0) is 19.3 Å². The molecule has 86 valence electrons. The summed E-state index contributed by atoms with van der Waals surface area (Å²) in [5.41, 5.74) is 0. The van der Waals surface area contributed by atoms with Crippen molar-refractivity contribution in [1.82, 2.24) is 14.8 Å². The number of aromatic nitrogens is 3. The third kappa shape index (κ3) is 3.33. The lowest BCUT2D eigenvalue weighted by molar-refractivity contribution is 0.506. The van der Waals surface area contributed by atoms with Crippen molar-refractivity contribution < 1.29 is 0 Å².